The molecular weight excluding hydrogens is 228 g/mol. The van der Waals surface area contributed by atoms with E-state index in [0.717, 1.165) is 0 Å². The second-order valence-corrected chi connectivity index (χ2v) is 6.30. The normalized spacial score (nSPS) is 24.4. The Morgan fingerprint density at radius 3 is 2.69 bits per heavy atom. The second-order valence-electron chi connectivity index (χ2n) is 4.07. The minimum atomic E-state index is -3.00. The number of carbonyl (C=O) groups is 1. The number of carboxylic acids is 1. The Hall–Kier alpha value is -1.02. The summed E-state index contributed by atoms with van der Waals surface area (Å²) in [5.74, 6) is 3.96. The average Bonchev–Trinajstić information content (AvgIpc) is 2.53. The molecule has 90 valence electrons. The van der Waals surface area contributed by atoms with E-state index in [9.17, 15) is 13.2 Å². The zero-order valence-electron chi connectivity index (χ0n) is 9.27. The summed E-state index contributed by atoms with van der Waals surface area (Å²) in [6.07, 6.45) is 1.43. The average molecular weight is 244 g/mol. The van der Waals surface area contributed by atoms with Crippen molar-refractivity contribution in [3.63, 3.8) is 0 Å². The third-order valence-electron chi connectivity index (χ3n) is 2.91. The standard InChI is InChI=1S/C11H16O4S/c1-2-3-4-5-10(11(12)13)9-6-7-16(14,15)8-9/h9-10H,4-8H2,1H3,(H,12,13). The topological polar surface area (TPSA) is 71.4 Å². The van der Waals surface area contributed by atoms with Gasteiger partial charge in [-0.2, -0.15) is 0 Å². The monoisotopic (exact) mass is 244 g/mol. The third-order valence-corrected chi connectivity index (χ3v) is 4.70. The number of hydrogen-bond acceptors (Lipinski definition) is 3. The Bertz CT molecular complexity index is 413. The van der Waals surface area contributed by atoms with Gasteiger partial charge in [-0.3, -0.25) is 4.79 Å². The zero-order chi connectivity index (χ0) is 12.2. The molecule has 1 saturated heterocycles. The Morgan fingerprint density at radius 1 is 1.56 bits per heavy atom. The van der Waals surface area contributed by atoms with Gasteiger partial charge in [0, 0.05) is 6.42 Å². The molecular formula is C11H16O4S. The van der Waals surface area contributed by atoms with Gasteiger partial charge in [0.15, 0.2) is 9.84 Å². The predicted molar refractivity (Wildman–Crippen MR) is 60.6 cm³/mol. The number of rotatable bonds is 4. The van der Waals surface area contributed by atoms with Crippen LogP contribution in [-0.4, -0.2) is 31.0 Å². The van der Waals surface area contributed by atoms with Crippen molar-refractivity contribution in [3.05, 3.63) is 0 Å². The smallest absolute Gasteiger partial charge is 0.306 e. The fourth-order valence-corrected chi connectivity index (χ4v) is 3.93. The minimum absolute atomic E-state index is 0.0174. The molecule has 5 heteroatoms. The number of aliphatic carboxylic acids is 1. The summed E-state index contributed by atoms with van der Waals surface area (Å²) in [5.41, 5.74) is 0. The van der Waals surface area contributed by atoms with Gasteiger partial charge >= 0.3 is 5.97 Å². The van der Waals surface area contributed by atoms with E-state index >= 15 is 0 Å². The first kappa shape index (κ1) is 13.0. The van der Waals surface area contributed by atoms with Gasteiger partial charge in [0.2, 0.25) is 0 Å². The van der Waals surface area contributed by atoms with Gasteiger partial charge in [0.05, 0.1) is 17.4 Å². The Balaban J connectivity index is 2.63. The quantitative estimate of drug-likeness (QED) is 0.747. The molecule has 0 spiro atoms. The third kappa shape index (κ3) is 3.53. The molecule has 0 aromatic heterocycles. The zero-order valence-corrected chi connectivity index (χ0v) is 10.1. The molecule has 1 aliphatic rings. The van der Waals surface area contributed by atoms with E-state index in [1.54, 1.807) is 6.92 Å². The lowest BCUT2D eigenvalue weighted by Gasteiger charge is -2.16. The lowest BCUT2D eigenvalue weighted by molar-refractivity contribution is -0.143. The van der Waals surface area contributed by atoms with Gasteiger partial charge in [-0.15, -0.1) is 11.8 Å². The highest BCUT2D eigenvalue weighted by atomic mass is 32.2. The van der Waals surface area contributed by atoms with Crippen molar-refractivity contribution in [2.45, 2.75) is 26.2 Å². The maximum absolute atomic E-state index is 11.3. The molecule has 2 atom stereocenters. The van der Waals surface area contributed by atoms with Gasteiger partial charge in [0.25, 0.3) is 0 Å². The van der Waals surface area contributed by atoms with Gasteiger partial charge in [-0.05, 0) is 25.7 Å². The number of sulfone groups is 1. The molecule has 0 radical (unpaired) electrons. The predicted octanol–water partition coefficient (Wildman–Crippen LogP) is 0.925. The fourth-order valence-electron chi connectivity index (χ4n) is 2.05. The van der Waals surface area contributed by atoms with Crippen molar-refractivity contribution in [3.8, 4) is 11.8 Å². The molecule has 0 saturated carbocycles. The van der Waals surface area contributed by atoms with Crippen LogP contribution in [0.4, 0.5) is 0 Å². The first-order valence-corrected chi connectivity index (χ1v) is 7.11. The van der Waals surface area contributed by atoms with Crippen LogP contribution in [0.3, 0.4) is 0 Å². The summed E-state index contributed by atoms with van der Waals surface area (Å²) in [6, 6.07) is 0. The van der Waals surface area contributed by atoms with Crippen LogP contribution in [0.2, 0.25) is 0 Å². The van der Waals surface area contributed by atoms with Crippen molar-refractivity contribution < 1.29 is 18.3 Å². The molecule has 1 rings (SSSR count). The van der Waals surface area contributed by atoms with Crippen LogP contribution in [0.15, 0.2) is 0 Å². The summed E-state index contributed by atoms with van der Waals surface area (Å²) in [7, 11) is -3.00. The highest BCUT2D eigenvalue weighted by molar-refractivity contribution is 7.91. The van der Waals surface area contributed by atoms with Gasteiger partial charge < -0.3 is 5.11 Å². The van der Waals surface area contributed by atoms with Gasteiger partial charge in [0.1, 0.15) is 0 Å². The maximum atomic E-state index is 11.3. The van der Waals surface area contributed by atoms with Gasteiger partial charge in [-0.1, -0.05) is 0 Å². The molecule has 2 unspecified atom stereocenters. The highest BCUT2D eigenvalue weighted by Crippen LogP contribution is 2.29. The first-order chi connectivity index (χ1) is 7.46. The van der Waals surface area contributed by atoms with E-state index in [4.69, 9.17) is 5.11 Å². The molecule has 1 aliphatic heterocycles. The summed E-state index contributed by atoms with van der Waals surface area (Å²) < 4.78 is 22.6. The summed E-state index contributed by atoms with van der Waals surface area (Å²) in [5, 5.41) is 9.06. The Kier molecular flexibility index (Phi) is 4.36. The van der Waals surface area contributed by atoms with Crippen molar-refractivity contribution in [2.75, 3.05) is 11.5 Å². The maximum Gasteiger partial charge on any atom is 0.306 e. The minimum Gasteiger partial charge on any atom is -0.481 e. The SMILES string of the molecule is CC#CCCC(C(=O)O)C1CCS(=O)(=O)C1. The molecule has 0 aromatic carbocycles. The first-order valence-electron chi connectivity index (χ1n) is 5.29. The molecule has 1 N–H and O–H groups in total. The van der Waals surface area contributed by atoms with Crippen LogP contribution >= 0.6 is 0 Å². The van der Waals surface area contributed by atoms with E-state index in [1.807, 2.05) is 0 Å². The molecule has 0 bridgehead atoms. The van der Waals surface area contributed by atoms with Crippen LogP contribution < -0.4 is 0 Å². The van der Waals surface area contributed by atoms with Crippen LogP contribution in [0, 0.1) is 23.7 Å². The van der Waals surface area contributed by atoms with E-state index in [-0.39, 0.29) is 17.4 Å². The van der Waals surface area contributed by atoms with Crippen molar-refractivity contribution in [1.82, 2.24) is 0 Å². The highest BCUT2D eigenvalue weighted by Gasteiger charge is 2.36. The van der Waals surface area contributed by atoms with Crippen LogP contribution in [0.25, 0.3) is 0 Å². The van der Waals surface area contributed by atoms with E-state index in [0.29, 0.717) is 19.3 Å². The summed E-state index contributed by atoms with van der Waals surface area (Å²) >= 11 is 0. The van der Waals surface area contributed by atoms with E-state index in [2.05, 4.69) is 11.8 Å². The van der Waals surface area contributed by atoms with Crippen molar-refractivity contribution >= 4 is 15.8 Å². The summed E-state index contributed by atoms with van der Waals surface area (Å²) in [6.45, 7) is 1.70. The van der Waals surface area contributed by atoms with Crippen LogP contribution in [0.1, 0.15) is 26.2 Å². The lowest BCUT2D eigenvalue weighted by Crippen LogP contribution is -2.24. The van der Waals surface area contributed by atoms with Crippen molar-refractivity contribution in [2.24, 2.45) is 11.8 Å². The molecule has 4 nitrogen and oxygen atoms in total. The van der Waals surface area contributed by atoms with Crippen LogP contribution in [-0.2, 0) is 14.6 Å². The molecule has 0 aromatic rings. The van der Waals surface area contributed by atoms with Crippen LogP contribution in [0.5, 0.6) is 0 Å². The van der Waals surface area contributed by atoms with E-state index < -0.39 is 21.7 Å². The molecule has 1 fully saturated rings. The lowest BCUT2D eigenvalue weighted by atomic mass is 9.88. The van der Waals surface area contributed by atoms with E-state index in [1.165, 1.54) is 0 Å². The molecule has 1 heterocycles. The Labute approximate surface area is 96.0 Å². The molecule has 16 heavy (non-hydrogen) atoms. The fraction of sp³-hybridized carbons (Fsp3) is 0.727. The molecule has 0 amide bonds. The largest absolute Gasteiger partial charge is 0.481 e. The molecule has 0 aliphatic carbocycles. The summed E-state index contributed by atoms with van der Waals surface area (Å²) in [4.78, 5) is 11.0. The number of hydrogen-bond donors (Lipinski definition) is 1. The second kappa shape index (κ2) is 5.35. The van der Waals surface area contributed by atoms with Crippen molar-refractivity contribution in [1.29, 1.82) is 0 Å². The number of carboxylic acid groups (broad SMARTS) is 1. The van der Waals surface area contributed by atoms with Gasteiger partial charge in [-0.25, -0.2) is 8.42 Å². The Morgan fingerprint density at radius 2 is 2.25 bits per heavy atom.